The highest BCUT2D eigenvalue weighted by molar-refractivity contribution is 5.45. The first-order valence-corrected chi connectivity index (χ1v) is 9.17. The second-order valence-electron chi connectivity index (χ2n) is 7.72. The summed E-state index contributed by atoms with van der Waals surface area (Å²) in [6, 6.07) is 25.4. The molecule has 0 aliphatic carbocycles. The predicted molar refractivity (Wildman–Crippen MR) is 112 cm³/mol. The molecular formula is C24H28N2. The van der Waals surface area contributed by atoms with E-state index in [0.717, 1.165) is 17.8 Å². The van der Waals surface area contributed by atoms with Crippen molar-refractivity contribution in [3.05, 3.63) is 95.1 Å². The molecule has 0 saturated heterocycles. The van der Waals surface area contributed by atoms with Crippen LogP contribution in [0.4, 0.5) is 11.4 Å². The summed E-state index contributed by atoms with van der Waals surface area (Å²) >= 11 is 0. The summed E-state index contributed by atoms with van der Waals surface area (Å²) in [6.45, 7) is 6.78. The number of hydrogen-bond acceptors (Lipinski definition) is 2. The molecule has 0 aromatic heterocycles. The normalized spacial score (nSPS) is 12.7. The van der Waals surface area contributed by atoms with E-state index in [0.29, 0.717) is 5.92 Å². The highest BCUT2D eigenvalue weighted by Gasteiger charge is 2.23. The predicted octanol–water partition coefficient (Wildman–Crippen LogP) is 5.52. The lowest BCUT2D eigenvalue weighted by atomic mass is 9.77. The third kappa shape index (κ3) is 3.91. The molecule has 0 fully saturated rings. The molecule has 0 saturated carbocycles. The van der Waals surface area contributed by atoms with Crippen molar-refractivity contribution in [2.24, 2.45) is 0 Å². The van der Waals surface area contributed by atoms with Crippen LogP contribution in [0.2, 0.25) is 0 Å². The van der Waals surface area contributed by atoms with Gasteiger partial charge in [-0.25, -0.2) is 0 Å². The monoisotopic (exact) mass is 344 g/mol. The molecule has 1 unspecified atom stereocenters. The standard InChI is InChI=1S/C24H28N2/c1-17(16-18-4-12-22(25)13-5-18)19-6-8-20(9-7-19)24(2,3)21-10-14-23(26)15-11-21/h4-15,17H,16,25-26H2,1-3H3. The van der Waals surface area contributed by atoms with Gasteiger partial charge in [0, 0.05) is 16.8 Å². The number of nitrogen functional groups attached to an aromatic ring is 2. The van der Waals surface area contributed by atoms with Crippen molar-refractivity contribution < 1.29 is 0 Å². The third-order valence-electron chi connectivity index (χ3n) is 5.36. The highest BCUT2D eigenvalue weighted by Crippen LogP contribution is 2.33. The Morgan fingerprint density at radius 2 is 1.12 bits per heavy atom. The van der Waals surface area contributed by atoms with Crippen LogP contribution in [0.5, 0.6) is 0 Å². The lowest BCUT2D eigenvalue weighted by molar-refractivity contribution is 0.639. The average Bonchev–Trinajstić information content (AvgIpc) is 2.64. The van der Waals surface area contributed by atoms with Crippen LogP contribution in [0.1, 0.15) is 48.9 Å². The van der Waals surface area contributed by atoms with Gasteiger partial charge in [0.05, 0.1) is 0 Å². The van der Waals surface area contributed by atoms with Crippen LogP contribution >= 0.6 is 0 Å². The Balaban J connectivity index is 1.76. The minimum absolute atomic E-state index is 0.0492. The van der Waals surface area contributed by atoms with Crippen LogP contribution in [-0.2, 0) is 11.8 Å². The van der Waals surface area contributed by atoms with Crippen LogP contribution < -0.4 is 11.5 Å². The van der Waals surface area contributed by atoms with Crippen LogP contribution in [0.25, 0.3) is 0 Å². The van der Waals surface area contributed by atoms with Gasteiger partial charge in [-0.2, -0.15) is 0 Å². The molecule has 4 N–H and O–H groups in total. The van der Waals surface area contributed by atoms with Gasteiger partial charge in [-0.1, -0.05) is 69.3 Å². The van der Waals surface area contributed by atoms with E-state index in [1.807, 2.05) is 24.3 Å². The molecular weight excluding hydrogens is 316 g/mol. The van der Waals surface area contributed by atoms with E-state index in [-0.39, 0.29) is 5.41 Å². The summed E-state index contributed by atoms with van der Waals surface area (Å²) in [7, 11) is 0. The van der Waals surface area contributed by atoms with Gasteiger partial charge in [-0.15, -0.1) is 0 Å². The van der Waals surface area contributed by atoms with E-state index >= 15 is 0 Å². The number of anilines is 2. The van der Waals surface area contributed by atoms with Gasteiger partial charge in [0.15, 0.2) is 0 Å². The molecule has 0 heterocycles. The number of nitrogens with two attached hydrogens (primary N) is 2. The molecule has 3 aromatic rings. The molecule has 3 rings (SSSR count). The minimum atomic E-state index is -0.0492. The molecule has 2 nitrogen and oxygen atoms in total. The van der Waals surface area contributed by atoms with E-state index in [1.54, 1.807) is 0 Å². The van der Waals surface area contributed by atoms with E-state index < -0.39 is 0 Å². The fourth-order valence-electron chi connectivity index (χ4n) is 3.42. The van der Waals surface area contributed by atoms with Crippen LogP contribution in [0.3, 0.4) is 0 Å². The van der Waals surface area contributed by atoms with Crippen molar-refractivity contribution in [1.29, 1.82) is 0 Å². The molecule has 0 aliphatic heterocycles. The Labute approximate surface area is 156 Å². The van der Waals surface area contributed by atoms with Crippen molar-refractivity contribution >= 4 is 11.4 Å². The first-order valence-electron chi connectivity index (χ1n) is 9.17. The van der Waals surface area contributed by atoms with E-state index in [4.69, 9.17) is 11.5 Å². The van der Waals surface area contributed by atoms with Gasteiger partial charge in [0.25, 0.3) is 0 Å². The minimum Gasteiger partial charge on any atom is -0.399 e. The Morgan fingerprint density at radius 3 is 1.62 bits per heavy atom. The van der Waals surface area contributed by atoms with E-state index in [2.05, 4.69) is 69.3 Å². The maximum Gasteiger partial charge on any atom is 0.0314 e. The molecule has 0 spiro atoms. The van der Waals surface area contributed by atoms with Gasteiger partial charge in [-0.05, 0) is 58.9 Å². The zero-order valence-electron chi connectivity index (χ0n) is 15.9. The molecule has 134 valence electrons. The van der Waals surface area contributed by atoms with Crippen LogP contribution in [0, 0.1) is 0 Å². The fraction of sp³-hybridized carbons (Fsp3) is 0.250. The molecule has 2 heteroatoms. The average molecular weight is 345 g/mol. The maximum absolute atomic E-state index is 5.83. The van der Waals surface area contributed by atoms with E-state index in [1.165, 1.54) is 22.3 Å². The molecule has 26 heavy (non-hydrogen) atoms. The zero-order valence-corrected chi connectivity index (χ0v) is 15.9. The number of hydrogen-bond donors (Lipinski definition) is 2. The van der Waals surface area contributed by atoms with Crippen molar-refractivity contribution in [2.45, 2.75) is 38.5 Å². The van der Waals surface area contributed by atoms with Gasteiger partial charge >= 0.3 is 0 Å². The van der Waals surface area contributed by atoms with Crippen LogP contribution in [-0.4, -0.2) is 0 Å². The molecule has 0 amide bonds. The van der Waals surface area contributed by atoms with Crippen molar-refractivity contribution in [1.82, 2.24) is 0 Å². The Hall–Kier alpha value is -2.74. The largest absolute Gasteiger partial charge is 0.399 e. The molecule has 3 aromatic carbocycles. The topological polar surface area (TPSA) is 52.0 Å². The summed E-state index contributed by atoms with van der Waals surface area (Å²) < 4.78 is 0. The summed E-state index contributed by atoms with van der Waals surface area (Å²) in [4.78, 5) is 0. The van der Waals surface area contributed by atoms with Gasteiger partial charge in [0.2, 0.25) is 0 Å². The fourth-order valence-corrected chi connectivity index (χ4v) is 3.42. The van der Waals surface area contributed by atoms with Gasteiger partial charge in [0.1, 0.15) is 0 Å². The lowest BCUT2D eigenvalue weighted by Crippen LogP contribution is -2.19. The van der Waals surface area contributed by atoms with Gasteiger partial charge in [-0.3, -0.25) is 0 Å². The Morgan fingerprint density at radius 1 is 0.692 bits per heavy atom. The van der Waals surface area contributed by atoms with Crippen molar-refractivity contribution in [3.63, 3.8) is 0 Å². The zero-order chi connectivity index (χ0) is 18.7. The number of benzene rings is 3. The summed E-state index contributed by atoms with van der Waals surface area (Å²) in [6.07, 6.45) is 1.01. The van der Waals surface area contributed by atoms with Gasteiger partial charge < -0.3 is 11.5 Å². The molecule has 1 atom stereocenters. The smallest absolute Gasteiger partial charge is 0.0314 e. The summed E-state index contributed by atoms with van der Waals surface area (Å²) in [5, 5.41) is 0. The molecule has 0 aliphatic rings. The summed E-state index contributed by atoms with van der Waals surface area (Å²) in [5.41, 5.74) is 18.4. The Bertz CT molecular complexity index is 844. The van der Waals surface area contributed by atoms with E-state index in [9.17, 15) is 0 Å². The quantitative estimate of drug-likeness (QED) is 0.598. The Kier molecular flexibility index (Phi) is 5.03. The summed E-state index contributed by atoms with van der Waals surface area (Å²) in [5.74, 6) is 0.465. The first kappa shape index (κ1) is 18.1. The van der Waals surface area contributed by atoms with Crippen LogP contribution in [0.15, 0.2) is 72.8 Å². The second kappa shape index (κ2) is 7.25. The molecule has 0 bridgehead atoms. The number of rotatable bonds is 5. The lowest BCUT2D eigenvalue weighted by Gasteiger charge is -2.27. The van der Waals surface area contributed by atoms with Crippen molar-refractivity contribution in [2.75, 3.05) is 11.5 Å². The SMILES string of the molecule is CC(Cc1ccc(N)cc1)c1ccc(C(C)(C)c2ccc(N)cc2)cc1. The van der Waals surface area contributed by atoms with Crippen molar-refractivity contribution in [3.8, 4) is 0 Å². The highest BCUT2D eigenvalue weighted by atomic mass is 14.5. The second-order valence-corrected chi connectivity index (χ2v) is 7.72. The molecule has 0 radical (unpaired) electrons. The maximum atomic E-state index is 5.83. The third-order valence-corrected chi connectivity index (χ3v) is 5.36. The first-order chi connectivity index (χ1) is 12.4.